The fourth-order valence-corrected chi connectivity index (χ4v) is 3.55. The maximum atomic E-state index is 12.5. The first-order valence-corrected chi connectivity index (χ1v) is 7.66. The first-order valence-electron chi connectivity index (χ1n) is 6.50. The van der Waals surface area contributed by atoms with Gasteiger partial charge in [0.2, 0.25) is 6.79 Å². The minimum Gasteiger partial charge on any atom is -0.454 e. The van der Waals surface area contributed by atoms with Gasteiger partial charge in [-0.2, -0.15) is 11.8 Å². The third-order valence-corrected chi connectivity index (χ3v) is 4.73. The molecule has 1 aromatic rings. The van der Waals surface area contributed by atoms with Crippen LogP contribution in [0.2, 0.25) is 0 Å². The number of nitrogens with zero attached hydrogens (tertiary/aromatic N) is 1. The van der Waals surface area contributed by atoms with E-state index in [-0.39, 0.29) is 12.7 Å². The van der Waals surface area contributed by atoms with Gasteiger partial charge < -0.3 is 14.4 Å². The minimum absolute atomic E-state index is 0.0650. The molecule has 2 aliphatic rings. The highest BCUT2D eigenvalue weighted by Gasteiger charge is 2.24. The number of hydrogen-bond donors (Lipinski definition) is 0. The summed E-state index contributed by atoms with van der Waals surface area (Å²) in [6.45, 7) is 0.239. The number of amides is 1. The molecule has 1 aromatic carbocycles. The van der Waals surface area contributed by atoms with Crippen molar-refractivity contribution in [3.8, 4) is 11.5 Å². The molecule has 2 heterocycles. The van der Waals surface area contributed by atoms with Crippen LogP contribution in [0.15, 0.2) is 18.2 Å². The van der Waals surface area contributed by atoms with Gasteiger partial charge in [0.1, 0.15) is 0 Å². The van der Waals surface area contributed by atoms with E-state index in [2.05, 4.69) is 0 Å². The summed E-state index contributed by atoms with van der Waals surface area (Å²) >= 11 is 1.97. The van der Waals surface area contributed by atoms with Crippen LogP contribution in [-0.4, -0.2) is 42.2 Å². The average molecular weight is 279 g/mol. The molecule has 4 nitrogen and oxygen atoms in total. The number of benzene rings is 1. The Kier molecular flexibility index (Phi) is 3.55. The van der Waals surface area contributed by atoms with Crippen molar-refractivity contribution in [2.45, 2.75) is 18.9 Å². The molecule has 3 rings (SSSR count). The highest BCUT2D eigenvalue weighted by molar-refractivity contribution is 7.99. The van der Waals surface area contributed by atoms with Gasteiger partial charge in [-0.25, -0.2) is 0 Å². The number of rotatable bonds is 2. The van der Waals surface area contributed by atoms with Crippen LogP contribution in [0.4, 0.5) is 0 Å². The SMILES string of the molecule is CN(C(=O)c1ccc2c(c1)OCO2)C1CCSCC1. The first-order chi connectivity index (χ1) is 9.25. The van der Waals surface area contributed by atoms with Crippen LogP contribution in [0.3, 0.4) is 0 Å². The van der Waals surface area contributed by atoms with Crippen molar-refractivity contribution >= 4 is 17.7 Å². The normalized spacial score (nSPS) is 18.4. The van der Waals surface area contributed by atoms with E-state index >= 15 is 0 Å². The lowest BCUT2D eigenvalue weighted by Crippen LogP contribution is -2.39. The largest absolute Gasteiger partial charge is 0.454 e. The van der Waals surface area contributed by atoms with E-state index in [4.69, 9.17) is 9.47 Å². The van der Waals surface area contributed by atoms with Gasteiger partial charge in [0, 0.05) is 18.7 Å². The van der Waals surface area contributed by atoms with Crippen molar-refractivity contribution in [2.75, 3.05) is 25.3 Å². The van der Waals surface area contributed by atoms with Crippen molar-refractivity contribution < 1.29 is 14.3 Å². The first kappa shape index (κ1) is 12.7. The van der Waals surface area contributed by atoms with Crippen molar-refractivity contribution in [1.82, 2.24) is 4.90 Å². The summed E-state index contributed by atoms with van der Waals surface area (Å²) in [4.78, 5) is 14.3. The Hall–Kier alpha value is -1.36. The molecule has 0 unspecified atom stereocenters. The van der Waals surface area contributed by atoms with Gasteiger partial charge in [-0.1, -0.05) is 0 Å². The number of fused-ring (bicyclic) bond motifs is 1. The Morgan fingerprint density at radius 1 is 1.26 bits per heavy atom. The number of carbonyl (C=O) groups excluding carboxylic acids is 1. The zero-order valence-corrected chi connectivity index (χ0v) is 11.7. The molecule has 0 saturated carbocycles. The fourth-order valence-electron chi connectivity index (χ4n) is 2.47. The summed E-state index contributed by atoms with van der Waals surface area (Å²) in [6, 6.07) is 5.75. The Morgan fingerprint density at radius 3 is 2.79 bits per heavy atom. The summed E-state index contributed by atoms with van der Waals surface area (Å²) in [7, 11) is 1.90. The molecule has 0 bridgehead atoms. The molecule has 102 valence electrons. The molecular formula is C14H17NO3S. The number of thioether (sulfide) groups is 1. The second-order valence-corrected chi connectivity index (χ2v) is 6.05. The number of carbonyl (C=O) groups is 1. The summed E-state index contributed by atoms with van der Waals surface area (Å²) in [5.74, 6) is 3.73. The van der Waals surface area contributed by atoms with E-state index in [0.717, 1.165) is 24.3 Å². The molecule has 0 N–H and O–H groups in total. The van der Waals surface area contributed by atoms with Crippen LogP contribution in [0.1, 0.15) is 23.2 Å². The highest BCUT2D eigenvalue weighted by Crippen LogP contribution is 2.33. The molecule has 1 saturated heterocycles. The third-order valence-electron chi connectivity index (χ3n) is 3.68. The second-order valence-electron chi connectivity index (χ2n) is 4.83. The summed E-state index contributed by atoms with van der Waals surface area (Å²) in [6.07, 6.45) is 2.16. The van der Waals surface area contributed by atoms with Crippen LogP contribution in [0.5, 0.6) is 11.5 Å². The van der Waals surface area contributed by atoms with Crippen molar-refractivity contribution in [2.24, 2.45) is 0 Å². The van der Waals surface area contributed by atoms with E-state index in [9.17, 15) is 4.79 Å². The summed E-state index contributed by atoms with van der Waals surface area (Å²) in [5.41, 5.74) is 0.671. The van der Waals surface area contributed by atoms with E-state index in [0.29, 0.717) is 23.1 Å². The van der Waals surface area contributed by atoms with Crippen molar-refractivity contribution in [3.63, 3.8) is 0 Å². The van der Waals surface area contributed by atoms with Crippen LogP contribution in [0, 0.1) is 0 Å². The smallest absolute Gasteiger partial charge is 0.253 e. The maximum Gasteiger partial charge on any atom is 0.253 e. The molecule has 0 aromatic heterocycles. The van der Waals surface area contributed by atoms with Crippen LogP contribution < -0.4 is 9.47 Å². The molecule has 2 aliphatic heterocycles. The van der Waals surface area contributed by atoms with Gasteiger partial charge in [-0.3, -0.25) is 4.79 Å². The average Bonchev–Trinajstić information content (AvgIpc) is 2.94. The summed E-state index contributed by atoms with van der Waals surface area (Å²) in [5, 5.41) is 0. The Morgan fingerprint density at radius 2 is 2.00 bits per heavy atom. The van der Waals surface area contributed by atoms with Crippen LogP contribution in [0.25, 0.3) is 0 Å². The minimum atomic E-state index is 0.0650. The molecule has 0 aliphatic carbocycles. The molecule has 1 amide bonds. The molecular weight excluding hydrogens is 262 g/mol. The fraction of sp³-hybridized carbons (Fsp3) is 0.500. The van der Waals surface area contributed by atoms with Crippen molar-refractivity contribution in [1.29, 1.82) is 0 Å². The quantitative estimate of drug-likeness (QED) is 0.833. The predicted molar refractivity (Wildman–Crippen MR) is 75.0 cm³/mol. The van der Waals surface area contributed by atoms with Gasteiger partial charge in [0.15, 0.2) is 11.5 Å². The Bertz CT molecular complexity index is 486. The molecule has 1 fully saturated rings. The maximum absolute atomic E-state index is 12.5. The Labute approximate surface area is 117 Å². The van der Waals surface area contributed by atoms with Crippen LogP contribution in [-0.2, 0) is 0 Å². The van der Waals surface area contributed by atoms with E-state index < -0.39 is 0 Å². The number of hydrogen-bond acceptors (Lipinski definition) is 4. The van der Waals surface area contributed by atoms with Crippen LogP contribution >= 0.6 is 11.8 Å². The zero-order chi connectivity index (χ0) is 13.2. The molecule has 19 heavy (non-hydrogen) atoms. The van der Waals surface area contributed by atoms with E-state index in [1.165, 1.54) is 0 Å². The predicted octanol–water partition coefficient (Wildman–Crippen LogP) is 2.38. The topological polar surface area (TPSA) is 38.8 Å². The lowest BCUT2D eigenvalue weighted by molar-refractivity contribution is 0.0723. The molecule has 0 atom stereocenters. The van der Waals surface area contributed by atoms with E-state index in [1.54, 1.807) is 12.1 Å². The standard InChI is InChI=1S/C14H17NO3S/c1-15(11-4-6-19-7-5-11)14(16)10-2-3-12-13(8-10)18-9-17-12/h2-3,8,11H,4-7,9H2,1H3. The van der Waals surface area contributed by atoms with Gasteiger partial charge in [0.25, 0.3) is 5.91 Å². The second kappa shape index (κ2) is 5.33. The van der Waals surface area contributed by atoms with Gasteiger partial charge in [0.05, 0.1) is 0 Å². The lowest BCUT2D eigenvalue weighted by Gasteiger charge is -2.31. The third kappa shape index (κ3) is 2.52. The van der Waals surface area contributed by atoms with Gasteiger partial charge in [-0.15, -0.1) is 0 Å². The Balaban J connectivity index is 1.75. The van der Waals surface area contributed by atoms with Gasteiger partial charge >= 0.3 is 0 Å². The number of ether oxygens (including phenoxy) is 2. The van der Waals surface area contributed by atoms with E-state index in [1.807, 2.05) is 29.8 Å². The molecule has 0 radical (unpaired) electrons. The molecule has 0 spiro atoms. The zero-order valence-electron chi connectivity index (χ0n) is 10.9. The molecule has 5 heteroatoms. The van der Waals surface area contributed by atoms with Gasteiger partial charge in [-0.05, 0) is 42.5 Å². The lowest BCUT2D eigenvalue weighted by atomic mass is 10.1. The summed E-state index contributed by atoms with van der Waals surface area (Å²) < 4.78 is 10.6. The monoisotopic (exact) mass is 279 g/mol. The van der Waals surface area contributed by atoms with Crippen molar-refractivity contribution in [3.05, 3.63) is 23.8 Å². The highest BCUT2D eigenvalue weighted by atomic mass is 32.2.